The van der Waals surface area contributed by atoms with Gasteiger partial charge in [0.1, 0.15) is 17.4 Å². The number of thioether (sulfide) groups is 1. The number of nitrogens with two attached hydrogens (primary N) is 1. The van der Waals surface area contributed by atoms with Crippen LogP contribution in [0.15, 0.2) is 35.6 Å². The number of benzene rings is 1. The van der Waals surface area contributed by atoms with E-state index < -0.39 is 12.0 Å². The van der Waals surface area contributed by atoms with Crippen LogP contribution in [0.25, 0.3) is 10.9 Å². The molecular formula is C11H11N3O2S. The summed E-state index contributed by atoms with van der Waals surface area (Å²) in [4.78, 5) is 18.9. The zero-order valence-electron chi connectivity index (χ0n) is 8.91. The number of carbonyl (C=O) groups is 1. The maximum atomic E-state index is 10.6. The molecule has 0 aliphatic carbocycles. The van der Waals surface area contributed by atoms with Gasteiger partial charge in [-0.3, -0.25) is 4.79 Å². The Morgan fingerprint density at radius 1 is 1.41 bits per heavy atom. The molecule has 0 fully saturated rings. The number of fused-ring (bicyclic) bond motifs is 1. The van der Waals surface area contributed by atoms with Crippen molar-refractivity contribution in [3.05, 3.63) is 30.6 Å². The minimum absolute atomic E-state index is 0.288. The Balaban J connectivity index is 2.21. The quantitative estimate of drug-likeness (QED) is 0.623. The standard InChI is InChI=1S/C11H11N3O2S/c12-8(11(15)16)5-17-10-7-3-1-2-4-9(7)13-6-14-10/h1-4,6,8H,5,12H2,(H,15,16). The maximum Gasteiger partial charge on any atom is 0.321 e. The number of para-hydroxylation sites is 1. The van der Waals surface area contributed by atoms with E-state index in [-0.39, 0.29) is 5.75 Å². The molecule has 1 heterocycles. The second-order valence-electron chi connectivity index (χ2n) is 3.45. The first-order chi connectivity index (χ1) is 8.18. The summed E-state index contributed by atoms with van der Waals surface area (Å²) in [5.74, 6) is -0.716. The van der Waals surface area contributed by atoms with Gasteiger partial charge in [0, 0.05) is 11.1 Å². The van der Waals surface area contributed by atoms with Gasteiger partial charge in [-0.2, -0.15) is 0 Å². The van der Waals surface area contributed by atoms with Gasteiger partial charge in [0.15, 0.2) is 0 Å². The lowest BCUT2D eigenvalue weighted by molar-refractivity contribution is -0.137. The zero-order valence-corrected chi connectivity index (χ0v) is 9.72. The van der Waals surface area contributed by atoms with Crippen LogP contribution >= 0.6 is 11.8 Å². The van der Waals surface area contributed by atoms with E-state index in [0.29, 0.717) is 0 Å². The molecule has 0 bridgehead atoms. The van der Waals surface area contributed by atoms with Gasteiger partial charge in [-0.15, -0.1) is 11.8 Å². The average molecular weight is 249 g/mol. The SMILES string of the molecule is NC(CSc1ncnc2ccccc12)C(=O)O. The molecule has 1 aromatic heterocycles. The number of aliphatic carboxylic acids is 1. The number of nitrogens with zero attached hydrogens (tertiary/aromatic N) is 2. The van der Waals surface area contributed by atoms with Crippen LogP contribution in [0.4, 0.5) is 0 Å². The molecule has 2 rings (SSSR count). The first kappa shape index (κ1) is 11.8. The van der Waals surface area contributed by atoms with Gasteiger partial charge in [0.25, 0.3) is 0 Å². The molecule has 6 heteroatoms. The molecule has 0 radical (unpaired) electrons. The summed E-state index contributed by atoms with van der Waals surface area (Å²) in [5.41, 5.74) is 6.29. The molecule has 0 spiro atoms. The van der Waals surface area contributed by atoms with E-state index in [0.717, 1.165) is 15.9 Å². The van der Waals surface area contributed by atoms with Gasteiger partial charge in [0.05, 0.1) is 5.52 Å². The Morgan fingerprint density at radius 2 is 2.18 bits per heavy atom. The largest absolute Gasteiger partial charge is 0.480 e. The molecule has 0 aliphatic heterocycles. The molecule has 0 saturated heterocycles. The lowest BCUT2D eigenvalue weighted by Gasteiger charge is -2.07. The summed E-state index contributed by atoms with van der Waals surface area (Å²) in [5, 5.41) is 10.4. The van der Waals surface area contributed by atoms with E-state index in [1.807, 2.05) is 24.3 Å². The van der Waals surface area contributed by atoms with Crippen LogP contribution in [0.2, 0.25) is 0 Å². The Morgan fingerprint density at radius 3 is 2.94 bits per heavy atom. The summed E-state index contributed by atoms with van der Waals surface area (Å²) >= 11 is 1.33. The fourth-order valence-electron chi connectivity index (χ4n) is 1.34. The van der Waals surface area contributed by atoms with Crippen LogP contribution in [-0.2, 0) is 4.79 Å². The number of carboxylic acids is 1. The molecule has 1 aromatic carbocycles. The normalized spacial score (nSPS) is 12.5. The highest BCUT2D eigenvalue weighted by atomic mass is 32.2. The number of rotatable bonds is 4. The minimum atomic E-state index is -1.00. The van der Waals surface area contributed by atoms with E-state index in [4.69, 9.17) is 10.8 Å². The third-order valence-corrected chi connectivity index (χ3v) is 3.35. The van der Waals surface area contributed by atoms with Crippen LogP contribution < -0.4 is 5.73 Å². The number of aromatic nitrogens is 2. The van der Waals surface area contributed by atoms with Crippen molar-refractivity contribution in [3.8, 4) is 0 Å². The molecule has 1 atom stereocenters. The van der Waals surface area contributed by atoms with Crippen molar-refractivity contribution in [3.63, 3.8) is 0 Å². The zero-order chi connectivity index (χ0) is 12.3. The third-order valence-electron chi connectivity index (χ3n) is 2.22. The van der Waals surface area contributed by atoms with Gasteiger partial charge in [0.2, 0.25) is 0 Å². The van der Waals surface area contributed by atoms with E-state index in [1.165, 1.54) is 18.1 Å². The maximum absolute atomic E-state index is 10.6. The predicted molar refractivity (Wildman–Crippen MR) is 65.9 cm³/mol. The molecule has 2 aromatic rings. The van der Waals surface area contributed by atoms with Crippen molar-refractivity contribution >= 4 is 28.6 Å². The monoisotopic (exact) mass is 249 g/mol. The number of hydrogen-bond acceptors (Lipinski definition) is 5. The van der Waals surface area contributed by atoms with Gasteiger partial charge in [-0.05, 0) is 6.07 Å². The first-order valence-corrected chi connectivity index (χ1v) is 5.98. The smallest absolute Gasteiger partial charge is 0.321 e. The van der Waals surface area contributed by atoms with Crippen molar-refractivity contribution in [1.82, 2.24) is 9.97 Å². The highest BCUT2D eigenvalue weighted by Gasteiger charge is 2.13. The molecule has 5 nitrogen and oxygen atoms in total. The lowest BCUT2D eigenvalue weighted by atomic mass is 10.2. The Kier molecular flexibility index (Phi) is 3.55. The van der Waals surface area contributed by atoms with E-state index in [1.54, 1.807) is 0 Å². The van der Waals surface area contributed by atoms with Crippen molar-refractivity contribution in [2.75, 3.05) is 5.75 Å². The van der Waals surface area contributed by atoms with Crippen LogP contribution in [0.1, 0.15) is 0 Å². The van der Waals surface area contributed by atoms with Crippen molar-refractivity contribution in [1.29, 1.82) is 0 Å². The van der Waals surface area contributed by atoms with E-state index in [9.17, 15) is 4.79 Å². The molecule has 88 valence electrons. The highest BCUT2D eigenvalue weighted by molar-refractivity contribution is 7.99. The second-order valence-corrected chi connectivity index (χ2v) is 4.46. The van der Waals surface area contributed by atoms with Crippen LogP contribution in [-0.4, -0.2) is 32.8 Å². The topological polar surface area (TPSA) is 89.1 Å². The Labute approximate surface area is 102 Å². The van der Waals surface area contributed by atoms with Gasteiger partial charge < -0.3 is 10.8 Å². The molecule has 0 aliphatic rings. The van der Waals surface area contributed by atoms with Crippen LogP contribution in [0.5, 0.6) is 0 Å². The summed E-state index contributed by atoms with van der Waals surface area (Å²) in [6, 6.07) is 6.70. The molecular weight excluding hydrogens is 238 g/mol. The summed E-state index contributed by atoms with van der Waals surface area (Å²) in [7, 11) is 0. The van der Waals surface area contributed by atoms with Gasteiger partial charge >= 0.3 is 5.97 Å². The Bertz CT molecular complexity index is 542. The summed E-state index contributed by atoms with van der Waals surface area (Å²) < 4.78 is 0. The average Bonchev–Trinajstić information content (AvgIpc) is 2.35. The third kappa shape index (κ3) is 2.72. The minimum Gasteiger partial charge on any atom is -0.480 e. The van der Waals surface area contributed by atoms with Crippen molar-refractivity contribution < 1.29 is 9.90 Å². The van der Waals surface area contributed by atoms with Crippen molar-refractivity contribution in [2.45, 2.75) is 11.1 Å². The number of hydrogen-bond donors (Lipinski definition) is 2. The fourth-order valence-corrected chi connectivity index (χ4v) is 2.26. The van der Waals surface area contributed by atoms with E-state index in [2.05, 4.69) is 9.97 Å². The predicted octanol–water partition coefficient (Wildman–Crippen LogP) is 1.13. The fraction of sp³-hybridized carbons (Fsp3) is 0.182. The highest BCUT2D eigenvalue weighted by Crippen LogP contribution is 2.24. The van der Waals surface area contributed by atoms with Crippen LogP contribution in [0.3, 0.4) is 0 Å². The molecule has 0 saturated carbocycles. The van der Waals surface area contributed by atoms with Crippen LogP contribution in [0, 0.1) is 0 Å². The van der Waals surface area contributed by atoms with Gasteiger partial charge in [-0.25, -0.2) is 9.97 Å². The summed E-state index contributed by atoms with van der Waals surface area (Å²) in [6.07, 6.45) is 1.47. The number of carboxylic acid groups (broad SMARTS) is 1. The van der Waals surface area contributed by atoms with E-state index >= 15 is 0 Å². The molecule has 17 heavy (non-hydrogen) atoms. The van der Waals surface area contributed by atoms with Gasteiger partial charge in [-0.1, -0.05) is 18.2 Å². The summed E-state index contributed by atoms with van der Waals surface area (Å²) in [6.45, 7) is 0. The molecule has 1 unspecified atom stereocenters. The second kappa shape index (κ2) is 5.11. The van der Waals surface area contributed by atoms with Crippen molar-refractivity contribution in [2.24, 2.45) is 5.73 Å². The Hall–Kier alpha value is -1.66. The molecule has 3 N–H and O–H groups in total. The molecule has 0 amide bonds. The first-order valence-electron chi connectivity index (χ1n) is 4.99. The lowest BCUT2D eigenvalue weighted by Crippen LogP contribution is -2.32.